The average molecular weight is 456 g/mol. The number of aliphatic carboxylic acids is 1. The number of hydrogen-bond acceptors (Lipinski definition) is 6. The number of hydroxylamine groups is 1. The first kappa shape index (κ1) is 24.2. The highest BCUT2D eigenvalue weighted by atomic mass is 16.7. The van der Waals surface area contributed by atoms with Gasteiger partial charge in [0.25, 0.3) is 5.91 Å². The topological polar surface area (TPSA) is 117 Å². The van der Waals surface area contributed by atoms with Crippen molar-refractivity contribution < 1.29 is 29.1 Å². The SMILES string of the molecule is CN(C)CCONC(=O)C(CCC(=O)O)NC(=O)OCC1c2ccccc2-c2ccccc21. The lowest BCUT2D eigenvalue weighted by molar-refractivity contribution is -0.138. The van der Waals surface area contributed by atoms with Gasteiger partial charge in [-0.1, -0.05) is 48.5 Å². The molecule has 3 N–H and O–H groups in total. The van der Waals surface area contributed by atoms with Crippen molar-refractivity contribution in [2.24, 2.45) is 0 Å². The largest absolute Gasteiger partial charge is 0.481 e. The second-order valence-corrected chi connectivity index (χ2v) is 8.07. The van der Waals surface area contributed by atoms with Crippen molar-refractivity contribution in [1.29, 1.82) is 0 Å². The van der Waals surface area contributed by atoms with Crippen LogP contribution < -0.4 is 10.8 Å². The summed E-state index contributed by atoms with van der Waals surface area (Å²) in [4.78, 5) is 42.9. The van der Waals surface area contributed by atoms with Crippen LogP contribution in [-0.2, 0) is 19.2 Å². The molecule has 0 aliphatic heterocycles. The molecule has 0 bridgehead atoms. The van der Waals surface area contributed by atoms with Crippen molar-refractivity contribution >= 4 is 18.0 Å². The third-order valence-electron chi connectivity index (χ3n) is 5.41. The first-order valence-electron chi connectivity index (χ1n) is 10.8. The van der Waals surface area contributed by atoms with Gasteiger partial charge in [0.1, 0.15) is 12.6 Å². The zero-order valence-electron chi connectivity index (χ0n) is 18.7. The fourth-order valence-corrected chi connectivity index (χ4v) is 3.74. The van der Waals surface area contributed by atoms with Gasteiger partial charge in [0, 0.05) is 18.9 Å². The van der Waals surface area contributed by atoms with E-state index < -0.39 is 24.0 Å². The molecule has 1 aliphatic rings. The van der Waals surface area contributed by atoms with Crippen LogP contribution in [0.1, 0.15) is 29.9 Å². The number of ether oxygens (including phenoxy) is 1. The number of likely N-dealkylation sites (N-methyl/N-ethyl adjacent to an activating group) is 1. The number of carboxylic acids is 1. The molecule has 0 spiro atoms. The lowest BCUT2D eigenvalue weighted by Crippen LogP contribution is -2.47. The summed E-state index contributed by atoms with van der Waals surface area (Å²) in [6.45, 7) is 0.918. The molecule has 9 nitrogen and oxygen atoms in total. The van der Waals surface area contributed by atoms with Gasteiger partial charge in [0.05, 0.1) is 6.61 Å². The number of nitrogens with one attached hydrogen (secondary N) is 2. The summed E-state index contributed by atoms with van der Waals surface area (Å²) in [6, 6.07) is 14.8. The molecule has 3 rings (SSSR count). The van der Waals surface area contributed by atoms with Gasteiger partial charge in [-0.15, -0.1) is 0 Å². The monoisotopic (exact) mass is 455 g/mol. The van der Waals surface area contributed by atoms with E-state index in [0.717, 1.165) is 22.3 Å². The molecule has 1 atom stereocenters. The smallest absolute Gasteiger partial charge is 0.407 e. The third kappa shape index (κ3) is 6.53. The number of hydrogen-bond donors (Lipinski definition) is 3. The van der Waals surface area contributed by atoms with Crippen LogP contribution in [-0.4, -0.2) is 67.9 Å². The second-order valence-electron chi connectivity index (χ2n) is 8.07. The molecule has 1 unspecified atom stereocenters. The molecule has 9 heteroatoms. The van der Waals surface area contributed by atoms with Gasteiger partial charge in [-0.2, -0.15) is 0 Å². The van der Waals surface area contributed by atoms with Crippen molar-refractivity contribution in [1.82, 2.24) is 15.7 Å². The second kappa shape index (κ2) is 11.4. The lowest BCUT2D eigenvalue weighted by Gasteiger charge is -2.19. The zero-order chi connectivity index (χ0) is 23.8. The quantitative estimate of drug-likeness (QED) is 0.352. The van der Waals surface area contributed by atoms with Crippen molar-refractivity contribution in [3.8, 4) is 11.1 Å². The van der Waals surface area contributed by atoms with E-state index in [0.29, 0.717) is 6.54 Å². The predicted molar refractivity (Wildman–Crippen MR) is 122 cm³/mol. The molecule has 2 aromatic rings. The Morgan fingerprint density at radius 3 is 2.21 bits per heavy atom. The number of fused-ring (bicyclic) bond motifs is 3. The molecular weight excluding hydrogens is 426 g/mol. The van der Waals surface area contributed by atoms with Crippen LogP contribution in [0.3, 0.4) is 0 Å². The van der Waals surface area contributed by atoms with Crippen LogP contribution in [0.5, 0.6) is 0 Å². The Balaban J connectivity index is 1.59. The Bertz CT molecular complexity index is 948. The van der Waals surface area contributed by atoms with Crippen LogP contribution >= 0.6 is 0 Å². The number of rotatable bonds is 11. The van der Waals surface area contributed by atoms with Crippen molar-refractivity contribution in [3.63, 3.8) is 0 Å². The normalized spacial score (nSPS) is 13.2. The van der Waals surface area contributed by atoms with Crippen LogP contribution in [0, 0.1) is 0 Å². The number of alkyl carbamates (subject to hydrolysis) is 1. The Morgan fingerprint density at radius 1 is 1.03 bits per heavy atom. The number of carboxylic acid groups (broad SMARTS) is 1. The van der Waals surface area contributed by atoms with E-state index >= 15 is 0 Å². The highest BCUT2D eigenvalue weighted by molar-refractivity contribution is 5.85. The molecule has 33 heavy (non-hydrogen) atoms. The Kier molecular flexibility index (Phi) is 8.39. The van der Waals surface area contributed by atoms with Gasteiger partial charge >= 0.3 is 12.1 Å². The average Bonchev–Trinajstić information content (AvgIpc) is 3.11. The zero-order valence-corrected chi connectivity index (χ0v) is 18.7. The van der Waals surface area contributed by atoms with E-state index in [1.807, 2.05) is 67.5 Å². The maximum Gasteiger partial charge on any atom is 0.407 e. The Hall–Kier alpha value is -3.43. The van der Waals surface area contributed by atoms with Gasteiger partial charge in [0.15, 0.2) is 0 Å². The maximum atomic E-state index is 12.5. The van der Waals surface area contributed by atoms with Crippen LogP contribution in [0.25, 0.3) is 11.1 Å². The minimum Gasteiger partial charge on any atom is -0.481 e. The van der Waals surface area contributed by atoms with Crippen molar-refractivity contribution in [2.75, 3.05) is 33.9 Å². The van der Waals surface area contributed by atoms with Crippen LogP contribution in [0.2, 0.25) is 0 Å². The maximum absolute atomic E-state index is 12.5. The fraction of sp³-hybridized carbons (Fsp3) is 0.375. The molecule has 1 aliphatic carbocycles. The van der Waals surface area contributed by atoms with Gasteiger partial charge in [0.2, 0.25) is 0 Å². The molecule has 0 aromatic heterocycles. The number of amides is 2. The van der Waals surface area contributed by atoms with E-state index in [1.54, 1.807) is 0 Å². The molecule has 0 fully saturated rings. The molecular formula is C24H29N3O6. The summed E-state index contributed by atoms with van der Waals surface area (Å²) in [7, 11) is 3.72. The highest BCUT2D eigenvalue weighted by Gasteiger charge is 2.30. The van der Waals surface area contributed by atoms with Crippen molar-refractivity contribution in [2.45, 2.75) is 24.8 Å². The van der Waals surface area contributed by atoms with E-state index in [4.69, 9.17) is 14.7 Å². The molecule has 176 valence electrons. The lowest BCUT2D eigenvalue weighted by atomic mass is 9.98. The minimum atomic E-state index is -1.10. The van der Waals surface area contributed by atoms with E-state index in [-0.39, 0.29) is 32.0 Å². The van der Waals surface area contributed by atoms with E-state index in [1.165, 1.54) is 0 Å². The Labute approximate surface area is 192 Å². The van der Waals surface area contributed by atoms with Gasteiger partial charge in [-0.3, -0.25) is 14.4 Å². The highest BCUT2D eigenvalue weighted by Crippen LogP contribution is 2.44. The summed E-state index contributed by atoms with van der Waals surface area (Å²) < 4.78 is 5.46. The summed E-state index contributed by atoms with van der Waals surface area (Å²) in [5.74, 6) is -1.83. The minimum absolute atomic E-state index is 0.0897. The summed E-state index contributed by atoms with van der Waals surface area (Å²) in [5, 5.41) is 11.4. The first-order chi connectivity index (χ1) is 15.9. The van der Waals surface area contributed by atoms with E-state index in [9.17, 15) is 14.4 Å². The fourth-order valence-electron chi connectivity index (χ4n) is 3.74. The molecule has 0 heterocycles. The summed E-state index contributed by atoms with van der Waals surface area (Å²) in [5.41, 5.74) is 6.62. The number of benzene rings is 2. The van der Waals surface area contributed by atoms with Crippen LogP contribution in [0.15, 0.2) is 48.5 Å². The Morgan fingerprint density at radius 2 is 1.64 bits per heavy atom. The molecule has 0 radical (unpaired) electrons. The third-order valence-corrected chi connectivity index (χ3v) is 5.41. The predicted octanol–water partition coefficient (Wildman–Crippen LogP) is 2.37. The van der Waals surface area contributed by atoms with Crippen molar-refractivity contribution in [3.05, 3.63) is 59.7 Å². The molecule has 2 amide bonds. The van der Waals surface area contributed by atoms with Gasteiger partial charge < -0.3 is 20.1 Å². The van der Waals surface area contributed by atoms with Gasteiger partial charge in [-0.25, -0.2) is 10.3 Å². The van der Waals surface area contributed by atoms with E-state index in [2.05, 4.69) is 10.8 Å². The molecule has 0 saturated carbocycles. The number of carbonyl (C=O) groups excluding carboxylic acids is 2. The molecule has 0 saturated heterocycles. The first-order valence-corrected chi connectivity index (χ1v) is 10.8. The number of nitrogens with zero attached hydrogens (tertiary/aromatic N) is 1. The van der Waals surface area contributed by atoms with Crippen LogP contribution in [0.4, 0.5) is 4.79 Å². The molecule has 2 aromatic carbocycles. The van der Waals surface area contributed by atoms with Gasteiger partial charge in [-0.05, 0) is 42.8 Å². The standard InChI is InChI=1S/C24H29N3O6/c1-27(2)13-14-33-26-23(30)21(11-12-22(28)29)25-24(31)32-15-20-18-9-5-3-7-16(18)17-8-4-6-10-19(17)20/h3-10,20-21H,11-15H2,1-2H3,(H,25,31)(H,26,30)(H,28,29). The summed E-state index contributed by atoms with van der Waals surface area (Å²) >= 11 is 0. The number of carbonyl (C=O) groups is 3. The summed E-state index contributed by atoms with van der Waals surface area (Å²) in [6.07, 6.45) is -1.18.